The first kappa shape index (κ1) is 15.2. The van der Waals surface area contributed by atoms with Gasteiger partial charge in [0.15, 0.2) is 0 Å². The first-order chi connectivity index (χ1) is 8.98. The minimum Gasteiger partial charge on any atom is -0.395 e. The van der Waals surface area contributed by atoms with Gasteiger partial charge in [0, 0.05) is 25.2 Å². The van der Waals surface area contributed by atoms with Crippen molar-refractivity contribution in [3.05, 3.63) is 0 Å². The zero-order valence-electron chi connectivity index (χ0n) is 12.0. The van der Waals surface area contributed by atoms with Crippen molar-refractivity contribution in [2.75, 3.05) is 19.7 Å². The van der Waals surface area contributed by atoms with Crippen LogP contribution >= 0.6 is 0 Å². The van der Waals surface area contributed by atoms with E-state index in [-0.39, 0.29) is 18.7 Å². The van der Waals surface area contributed by atoms with Gasteiger partial charge in [-0.3, -0.25) is 0 Å². The molecule has 0 aromatic rings. The van der Waals surface area contributed by atoms with E-state index in [0.29, 0.717) is 19.0 Å². The standard InChI is InChI=1S/C13H26N2O3S/c1-11-6-5-9-14(12(11)2)19(17,18)15-8-4-3-7-13(15)10-16/h11-13,16H,3-10H2,1-2H3. The largest absolute Gasteiger partial charge is 0.395 e. The molecule has 2 aliphatic rings. The van der Waals surface area contributed by atoms with E-state index in [1.807, 2.05) is 6.92 Å². The van der Waals surface area contributed by atoms with Crippen LogP contribution in [0.5, 0.6) is 0 Å². The fraction of sp³-hybridized carbons (Fsp3) is 1.00. The van der Waals surface area contributed by atoms with E-state index in [1.165, 1.54) is 4.31 Å². The molecule has 6 heteroatoms. The number of aliphatic hydroxyl groups excluding tert-OH is 1. The Hall–Kier alpha value is -0.170. The van der Waals surface area contributed by atoms with Crippen LogP contribution in [-0.2, 0) is 10.2 Å². The highest BCUT2D eigenvalue weighted by atomic mass is 32.2. The molecular formula is C13H26N2O3S. The first-order valence-electron chi connectivity index (χ1n) is 7.38. The van der Waals surface area contributed by atoms with Gasteiger partial charge in [-0.15, -0.1) is 0 Å². The van der Waals surface area contributed by atoms with Crippen molar-refractivity contribution in [1.82, 2.24) is 8.61 Å². The maximum Gasteiger partial charge on any atom is 0.282 e. The number of aliphatic hydroxyl groups is 1. The van der Waals surface area contributed by atoms with Crippen molar-refractivity contribution in [3.8, 4) is 0 Å². The second kappa shape index (κ2) is 6.08. The Labute approximate surface area is 116 Å². The van der Waals surface area contributed by atoms with E-state index in [4.69, 9.17) is 0 Å². The molecule has 19 heavy (non-hydrogen) atoms. The van der Waals surface area contributed by atoms with Crippen LogP contribution in [0.1, 0.15) is 46.0 Å². The normalized spacial score (nSPS) is 35.4. The molecule has 0 aliphatic carbocycles. The Morgan fingerprint density at radius 1 is 1.05 bits per heavy atom. The van der Waals surface area contributed by atoms with Gasteiger partial charge in [0.1, 0.15) is 0 Å². The average molecular weight is 290 g/mol. The van der Waals surface area contributed by atoms with Gasteiger partial charge in [-0.1, -0.05) is 13.3 Å². The second-order valence-electron chi connectivity index (χ2n) is 5.92. The van der Waals surface area contributed by atoms with Crippen LogP contribution in [0.3, 0.4) is 0 Å². The predicted molar refractivity (Wildman–Crippen MR) is 74.9 cm³/mol. The maximum absolute atomic E-state index is 12.8. The fourth-order valence-electron chi connectivity index (χ4n) is 3.22. The number of piperidine rings is 2. The molecule has 2 aliphatic heterocycles. The van der Waals surface area contributed by atoms with Crippen molar-refractivity contribution < 1.29 is 13.5 Å². The zero-order chi connectivity index (χ0) is 14.0. The van der Waals surface area contributed by atoms with Crippen LogP contribution in [0.4, 0.5) is 0 Å². The summed E-state index contributed by atoms with van der Waals surface area (Å²) in [6, 6.07) is -0.178. The van der Waals surface area contributed by atoms with E-state index in [0.717, 1.165) is 32.1 Å². The van der Waals surface area contributed by atoms with E-state index in [9.17, 15) is 13.5 Å². The van der Waals surface area contributed by atoms with Crippen molar-refractivity contribution >= 4 is 10.2 Å². The van der Waals surface area contributed by atoms with Crippen LogP contribution in [0.25, 0.3) is 0 Å². The Bertz CT molecular complexity index is 385. The summed E-state index contributed by atoms with van der Waals surface area (Å²) in [5, 5.41) is 9.42. The van der Waals surface area contributed by atoms with Crippen LogP contribution in [0.2, 0.25) is 0 Å². The Balaban J connectivity index is 2.20. The summed E-state index contributed by atoms with van der Waals surface area (Å²) in [5.74, 6) is 0.404. The quantitative estimate of drug-likeness (QED) is 0.849. The smallest absolute Gasteiger partial charge is 0.282 e. The summed E-state index contributed by atoms with van der Waals surface area (Å²) < 4.78 is 28.8. The molecular weight excluding hydrogens is 264 g/mol. The lowest BCUT2D eigenvalue weighted by molar-refractivity contribution is 0.132. The lowest BCUT2D eigenvalue weighted by atomic mass is 9.94. The third kappa shape index (κ3) is 2.96. The molecule has 0 aromatic carbocycles. The zero-order valence-corrected chi connectivity index (χ0v) is 12.8. The molecule has 0 bridgehead atoms. The summed E-state index contributed by atoms with van der Waals surface area (Å²) in [4.78, 5) is 0. The van der Waals surface area contributed by atoms with Crippen molar-refractivity contribution in [3.63, 3.8) is 0 Å². The van der Waals surface area contributed by atoms with Gasteiger partial charge in [-0.05, 0) is 38.5 Å². The summed E-state index contributed by atoms with van der Waals surface area (Å²) >= 11 is 0. The van der Waals surface area contributed by atoms with Crippen molar-refractivity contribution in [2.24, 2.45) is 5.92 Å². The molecule has 0 amide bonds. The summed E-state index contributed by atoms with van der Waals surface area (Å²) in [6.07, 6.45) is 4.70. The number of nitrogens with zero attached hydrogens (tertiary/aromatic N) is 2. The number of rotatable bonds is 3. The molecule has 0 aromatic heterocycles. The van der Waals surface area contributed by atoms with Gasteiger partial charge < -0.3 is 5.11 Å². The van der Waals surface area contributed by atoms with Crippen LogP contribution < -0.4 is 0 Å². The molecule has 3 unspecified atom stereocenters. The third-order valence-corrected chi connectivity index (χ3v) is 6.87. The maximum atomic E-state index is 12.8. The highest BCUT2D eigenvalue weighted by molar-refractivity contribution is 7.86. The molecule has 2 saturated heterocycles. The second-order valence-corrected chi connectivity index (χ2v) is 7.76. The van der Waals surface area contributed by atoms with E-state index in [1.54, 1.807) is 4.31 Å². The lowest BCUT2D eigenvalue weighted by Gasteiger charge is -2.42. The fourth-order valence-corrected chi connectivity index (χ4v) is 5.38. The molecule has 1 N–H and O–H groups in total. The predicted octanol–water partition coefficient (Wildman–Crippen LogP) is 1.20. The molecule has 3 atom stereocenters. The van der Waals surface area contributed by atoms with Crippen molar-refractivity contribution in [1.29, 1.82) is 0 Å². The summed E-state index contributed by atoms with van der Waals surface area (Å²) in [7, 11) is -3.42. The van der Waals surface area contributed by atoms with E-state index < -0.39 is 10.2 Å². The van der Waals surface area contributed by atoms with Gasteiger partial charge >= 0.3 is 0 Å². The van der Waals surface area contributed by atoms with Gasteiger partial charge in [0.05, 0.1) is 6.61 Å². The summed E-state index contributed by atoms with van der Waals surface area (Å²) in [6.45, 7) is 5.20. The Morgan fingerprint density at radius 3 is 2.42 bits per heavy atom. The SMILES string of the molecule is CC1CCCN(S(=O)(=O)N2CCCCC2CO)C1C. The number of hydrogen-bond acceptors (Lipinski definition) is 3. The number of hydrogen-bond donors (Lipinski definition) is 1. The van der Waals surface area contributed by atoms with Crippen LogP contribution in [0.15, 0.2) is 0 Å². The molecule has 2 rings (SSSR count). The van der Waals surface area contributed by atoms with Gasteiger partial charge in [-0.2, -0.15) is 17.0 Å². The first-order valence-corrected chi connectivity index (χ1v) is 8.77. The minimum absolute atomic E-state index is 0.0556. The van der Waals surface area contributed by atoms with E-state index >= 15 is 0 Å². The molecule has 0 saturated carbocycles. The van der Waals surface area contributed by atoms with Gasteiger partial charge in [-0.25, -0.2) is 0 Å². The van der Waals surface area contributed by atoms with E-state index in [2.05, 4.69) is 6.92 Å². The van der Waals surface area contributed by atoms with Crippen LogP contribution in [0, 0.1) is 5.92 Å². The molecule has 0 radical (unpaired) electrons. The molecule has 2 heterocycles. The minimum atomic E-state index is -3.42. The van der Waals surface area contributed by atoms with Gasteiger partial charge in [0.25, 0.3) is 10.2 Å². The molecule has 0 spiro atoms. The Morgan fingerprint density at radius 2 is 1.74 bits per heavy atom. The highest BCUT2D eigenvalue weighted by Gasteiger charge is 2.40. The van der Waals surface area contributed by atoms with Gasteiger partial charge in [0.2, 0.25) is 0 Å². The highest BCUT2D eigenvalue weighted by Crippen LogP contribution is 2.29. The monoisotopic (exact) mass is 290 g/mol. The Kier molecular flexibility index (Phi) is 4.87. The molecule has 2 fully saturated rings. The molecule has 5 nitrogen and oxygen atoms in total. The van der Waals surface area contributed by atoms with Crippen molar-refractivity contribution in [2.45, 2.75) is 58.0 Å². The lowest BCUT2D eigenvalue weighted by Crippen LogP contribution is -2.56. The summed E-state index contributed by atoms with van der Waals surface area (Å²) in [5.41, 5.74) is 0. The average Bonchev–Trinajstić information content (AvgIpc) is 2.41. The third-order valence-electron chi connectivity index (χ3n) is 4.69. The van der Waals surface area contributed by atoms with Crippen LogP contribution in [-0.4, -0.2) is 53.9 Å². The molecule has 112 valence electrons. The topological polar surface area (TPSA) is 60.9 Å².